The molecule has 5 nitrogen and oxygen atoms in total. The van der Waals surface area contributed by atoms with Crippen LogP contribution < -0.4 is 4.74 Å². The van der Waals surface area contributed by atoms with Crippen LogP contribution in [-0.4, -0.2) is 55.4 Å². The third-order valence-electron chi connectivity index (χ3n) is 5.44. The molecule has 0 aromatic heterocycles. The molecule has 5 heteroatoms. The zero-order chi connectivity index (χ0) is 17.1. The maximum atomic E-state index is 12.5. The third kappa shape index (κ3) is 4.33. The summed E-state index contributed by atoms with van der Waals surface area (Å²) in [5.41, 5.74) is -0.213. The van der Waals surface area contributed by atoms with Gasteiger partial charge in [-0.3, -0.25) is 4.79 Å². The lowest BCUT2D eigenvalue weighted by Gasteiger charge is -2.39. The summed E-state index contributed by atoms with van der Waals surface area (Å²) >= 11 is 0. The van der Waals surface area contributed by atoms with Crippen molar-refractivity contribution in [3.8, 4) is 5.75 Å². The summed E-state index contributed by atoms with van der Waals surface area (Å²) < 4.78 is 17.7. The van der Waals surface area contributed by atoms with E-state index in [-0.39, 0.29) is 24.2 Å². The fourth-order valence-corrected chi connectivity index (χ4v) is 3.81. The van der Waals surface area contributed by atoms with Gasteiger partial charge >= 0.3 is 0 Å². The Morgan fingerprint density at radius 3 is 2.92 bits per heavy atom. The summed E-state index contributed by atoms with van der Waals surface area (Å²) in [6, 6.07) is 9.48. The molecule has 1 aromatic rings. The molecule has 2 atom stereocenters. The molecule has 2 aliphatic heterocycles. The largest absolute Gasteiger partial charge is 0.484 e. The van der Waals surface area contributed by atoms with E-state index in [2.05, 4.69) is 0 Å². The number of hydrogen-bond acceptors (Lipinski definition) is 4. The van der Waals surface area contributed by atoms with Crippen LogP contribution in [0, 0.1) is 5.92 Å². The number of para-hydroxylation sites is 1. The number of benzene rings is 1. The quantitative estimate of drug-likeness (QED) is 0.795. The number of hydrogen-bond donors (Lipinski definition) is 0. The van der Waals surface area contributed by atoms with Crippen LogP contribution in [-0.2, 0) is 14.3 Å². The Bertz CT molecular complexity index is 589. The highest BCUT2D eigenvalue weighted by Gasteiger charge is 2.45. The average molecular weight is 345 g/mol. The Kier molecular flexibility index (Phi) is 4.95. The van der Waals surface area contributed by atoms with Crippen LogP contribution in [0.1, 0.15) is 32.1 Å². The van der Waals surface area contributed by atoms with Crippen LogP contribution in [0.5, 0.6) is 5.75 Å². The van der Waals surface area contributed by atoms with E-state index in [1.165, 1.54) is 12.8 Å². The van der Waals surface area contributed by atoms with Crippen molar-refractivity contribution in [2.75, 3.05) is 32.9 Å². The minimum absolute atomic E-state index is 0.0360. The molecular formula is C20H27NO4. The SMILES string of the molecule is O=C(COc1ccccc1)N1CCC[C@]2(C[C@H](OCC3CC3)CO2)C1. The average Bonchev–Trinajstić information content (AvgIpc) is 3.41. The second kappa shape index (κ2) is 7.34. The van der Waals surface area contributed by atoms with E-state index in [0.717, 1.165) is 44.1 Å². The van der Waals surface area contributed by atoms with Gasteiger partial charge in [-0.05, 0) is 43.7 Å². The first-order chi connectivity index (χ1) is 12.2. The number of ether oxygens (including phenoxy) is 3. The molecule has 0 radical (unpaired) electrons. The van der Waals surface area contributed by atoms with Gasteiger partial charge in [-0.25, -0.2) is 0 Å². The van der Waals surface area contributed by atoms with Gasteiger partial charge in [0.1, 0.15) is 5.75 Å². The second-order valence-electron chi connectivity index (χ2n) is 7.62. The summed E-state index contributed by atoms with van der Waals surface area (Å²) in [7, 11) is 0. The summed E-state index contributed by atoms with van der Waals surface area (Å²) in [5.74, 6) is 1.54. The number of piperidine rings is 1. The van der Waals surface area contributed by atoms with Crippen molar-refractivity contribution >= 4 is 5.91 Å². The lowest BCUT2D eigenvalue weighted by atomic mass is 9.89. The summed E-state index contributed by atoms with van der Waals surface area (Å²) in [6.07, 6.45) is 5.70. The van der Waals surface area contributed by atoms with Crippen molar-refractivity contribution < 1.29 is 19.0 Å². The molecule has 1 aliphatic carbocycles. The Balaban J connectivity index is 1.27. The van der Waals surface area contributed by atoms with Gasteiger partial charge in [0.25, 0.3) is 5.91 Å². The first kappa shape index (κ1) is 16.9. The topological polar surface area (TPSA) is 48.0 Å². The van der Waals surface area contributed by atoms with Crippen molar-refractivity contribution in [1.29, 1.82) is 0 Å². The number of likely N-dealkylation sites (tertiary alicyclic amines) is 1. The normalized spacial score (nSPS) is 29.1. The lowest BCUT2D eigenvalue weighted by molar-refractivity contribution is -0.141. The van der Waals surface area contributed by atoms with Gasteiger partial charge in [0, 0.05) is 26.1 Å². The van der Waals surface area contributed by atoms with Crippen molar-refractivity contribution in [1.82, 2.24) is 4.90 Å². The minimum atomic E-state index is -0.213. The van der Waals surface area contributed by atoms with E-state index < -0.39 is 0 Å². The molecule has 1 amide bonds. The monoisotopic (exact) mass is 345 g/mol. The molecule has 0 unspecified atom stereocenters. The molecule has 3 fully saturated rings. The molecule has 2 heterocycles. The number of nitrogens with zero attached hydrogens (tertiary/aromatic N) is 1. The summed E-state index contributed by atoms with van der Waals surface area (Å²) in [4.78, 5) is 14.4. The molecule has 0 bridgehead atoms. The molecule has 0 N–H and O–H groups in total. The predicted octanol–water partition coefficient (Wildman–Crippen LogP) is 2.64. The van der Waals surface area contributed by atoms with Gasteiger partial charge in [-0.15, -0.1) is 0 Å². The third-order valence-corrected chi connectivity index (χ3v) is 5.44. The number of carbonyl (C=O) groups excluding carboxylic acids is 1. The first-order valence-electron chi connectivity index (χ1n) is 9.44. The van der Waals surface area contributed by atoms with E-state index in [4.69, 9.17) is 14.2 Å². The number of rotatable bonds is 6. The van der Waals surface area contributed by atoms with Gasteiger partial charge in [0.05, 0.1) is 18.3 Å². The zero-order valence-electron chi connectivity index (χ0n) is 14.7. The molecule has 136 valence electrons. The maximum Gasteiger partial charge on any atom is 0.260 e. The van der Waals surface area contributed by atoms with Gasteiger partial charge < -0.3 is 19.1 Å². The minimum Gasteiger partial charge on any atom is -0.484 e. The van der Waals surface area contributed by atoms with E-state index in [9.17, 15) is 4.79 Å². The van der Waals surface area contributed by atoms with Crippen molar-refractivity contribution in [2.45, 2.75) is 43.8 Å². The standard InChI is InChI=1S/C20H27NO4/c22-19(14-24-17-5-2-1-3-6-17)21-10-4-9-20(15-21)11-18(13-25-20)23-12-16-7-8-16/h1-3,5-6,16,18H,4,7-15H2/t18-,20-/m0/s1. The summed E-state index contributed by atoms with van der Waals surface area (Å²) in [5, 5.41) is 0. The Morgan fingerprint density at radius 1 is 1.28 bits per heavy atom. The van der Waals surface area contributed by atoms with Gasteiger partial charge in [-0.2, -0.15) is 0 Å². The molecule has 1 aromatic carbocycles. The fraction of sp³-hybridized carbons (Fsp3) is 0.650. The van der Waals surface area contributed by atoms with E-state index >= 15 is 0 Å². The van der Waals surface area contributed by atoms with E-state index in [1.807, 2.05) is 35.2 Å². The lowest BCUT2D eigenvalue weighted by Crippen LogP contribution is -2.51. The van der Waals surface area contributed by atoms with Gasteiger partial charge in [0.2, 0.25) is 0 Å². The second-order valence-corrected chi connectivity index (χ2v) is 7.62. The molecule has 1 saturated carbocycles. The van der Waals surface area contributed by atoms with Crippen LogP contribution in [0.3, 0.4) is 0 Å². The molecule has 1 spiro atoms. The van der Waals surface area contributed by atoms with Gasteiger partial charge in [-0.1, -0.05) is 18.2 Å². The molecular weight excluding hydrogens is 318 g/mol. The van der Waals surface area contributed by atoms with Crippen LogP contribution in [0.25, 0.3) is 0 Å². The predicted molar refractivity (Wildman–Crippen MR) is 93.5 cm³/mol. The van der Waals surface area contributed by atoms with Crippen molar-refractivity contribution in [3.05, 3.63) is 30.3 Å². The number of amides is 1. The fourth-order valence-electron chi connectivity index (χ4n) is 3.81. The molecule has 3 aliphatic rings. The van der Waals surface area contributed by atoms with Crippen LogP contribution in [0.15, 0.2) is 30.3 Å². The molecule has 2 saturated heterocycles. The van der Waals surface area contributed by atoms with E-state index in [1.54, 1.807) is 0 Å². The zero-order valence-corrected chi connectivity index (χ0v) is 14.7. The molecule has 4 rings (SSSR count). The van der Waals surface area contributed by atoms with Crippen molar-refractivity contribution in [2.24, 2.45) is 5.92 Å². The Hall–Kier alpha value is -1.59. The van der Waals surface area contributed by atoms with E-state index in [0.29, 0.717) is 13.2 Å². The highest BCUT2D eigenvalue weighted by molar-refractivity contribution is 5.78. The van der Waals surface area contributed by atoms with Crippen molar-refractivity contribution in [3.63, 3.8) is 0 Å². The highest BCUT2D eigenvalue weighted by Crippen LogP contribution is 2.37. The Labute approximate surface area is 149 Å². The van der Waals surface area contributed by atoms with Crippen LogP contribution in [0.2, 0.25) is 0 Å². The number of carbonyl (C=O) groups is 1. The maximum absolute atomic E-state index is 12.5. The highest BCUT2D eigenvalue weighted by atomic mass is 16.6. The first-order valence-corrected chi connectivity index (χ1v) is 9.44. The molecule has 25 heavy (non-hydrogen) atoms. The van der Waals surface area contributed by atoms with Crippen LogP contribution >= 0.6 is 0 Å². The Morgan fingerprint density at radius 2 is 2.12 bits per heavy atom. The van der Waals surface area contributed by atoms with Gasteiger partial charge in [0.15, 0.2) is 6.61 Å². The smallest absolute Gasteiger partial charge is 0.260 e. The summed E-state index contributed by atoms with van der Waals surface area (Å²) in [6.45, 7) is 3.07. The van der Waals surface area contributed by atoms with Crippen LogP contribution in [0.4, 0.5) is 0 Å².